The van der Waals surface area contributed by atoms with Crippen molar-refractivity contribution < 1.29 is 4.39 Å². The summed E-state index contributed by atoms with van der Waals surface area (Å²) in [5.41, 5.74) is 1.33. The van der Waals surface area contributed by atoms with E-state index in [1.807, 2.05) is 13.8 Å². The molecule has 0 amide bonds. The Morgan fingerprint density at radius 3 is 2.63 bits per heavy atom. The highest BCUT2D eigenvalue weighted by molar-refractivity contribution is 6.33. The van der Waals surface area contributed by atoms with Crippen molar-refractivity contribution in [1.29, 1.82) is 0 Å². The summed E-state index contributed by atoms with van der Waals surface area (Å²) in [6.45, 7) is 5.54. The lowest BCUT2D eigenvalue weighted by Gasteiger charge is -2.11. The lowest BCUT2D eigenvalue weighted by molar-refractivity contribution is 0.628. The molecule has 2 aromatic rings. The van der Waals surface area contributed by atoms with Crippen LogP contribution < -0.4 is 5.56 Å². The molecule has 1 aromatic heterocycles. The predicted octanol–water partition coefficient (Wildman–Crippen LogP) is 3.66. The van der Waals surface area contributed by atoms with E-state index in [0.29, 0.717) is 22.6 Å². The lowest BCUT2D eigenvalue weighted by Crippen LogP contribution is -2.17. The van der Waals surface area contributed by atoms with Gasteiger partial charge in [0.25, 0.3) is 5.56 Å². The summed E-state index contributed by atoms with van der Waals surface area (Å²) in [6, 6.07) is 4.06. The van der Waals surface area contributed by atoms with Gasteiger partial charge in [-0.2, -0.15) is 0 Å². The van der Waals surface area contributed by atoms with Crippen LogP contribution in [0.15, 0.2) is 23.0 Å². The van der Waals surface area contributed by atoms with Gasteiger partial charge in [-0.05, 0) is 25.1 Å². The van der Waals surface area contributed by atoms with Crippen LogP contribution in [0.4, 0.5) is 4.39 Å². The van der Waals surface area contributed by atoms with Gasteiger partial charge in [-0.1, -0.05) is 25.4 Å². The third-order valence-electron chi connectivity index (χ3n) is 2.90. The van der Waals surface area contributed by atoms with Crippen molar-refractivity contribution in [1.82, 2.24) is 9.97 Å². The summed E-state index contributed by atoms with van der Waals surface area (Å²) < 4.78 is 13.1. The number of hydrogen-bond acceptors (Lipinski definition) is 2. The van der Waals surface area contributed by atoms with Crippen molar-refractivity contribution in [2.75, 3.05) is 0 Å². The Bertz CT molecular complexity index is 680. The highest BCUT2D eigenvalue weighted by atomic mass is 35.5. The maximum absolute atomic E-state index is 13.1. The molecule has 2 rings (SSSR count). The van der Waals surface area contributed by atoms with Crippen LogP contribution in [0.5, 0.6) is 0 Å². The lowest BCUT2D eigenvalue weighted by atomic mass is 10.1. The van der Waals surface area contributed by atoms with Gasteiger partial charge in [-0.15, -0.1) is 0 Å². The molecule has 0 fully saturated rings. The van der Waals surface area contributed by atoms with Gasteiger partial charge in [-0.3, -0.25) is 4.79 Å². The summed E-state index contributed by atoms with van der Waals surface area (Å²) in [5, 5.41) is 0.246. The van der Waals surface area contributed by atoms with Crippen LogP contribution in [-0.2, 0) is 0 Å². The Hall–Kier alpha value is -1.68. The van der Waals surface area contributed by atoms with E-state index in [9.17, 15) is 9.18 Å². The second-order valence-corrected chi connectivity index (χ2v) is 5.11. The quantitative estimate of drug-likeness (QED) is 0.912. The molecule has 0 unspecified atom stereocenters. The molecule has 0 aliphatic heterocycles. The molecule has 1 N–H and O–H groups in total. The fourth-order valence-corrected chi connectivity index (χ4v) is 2.02. The molecule has 0 spiro atoms. The van der Waals surface area contributed by atoms with E-state index >= 15 is 0 Å². The summed E-state index contributed by atoms with van der Waals surface area (Å²) in [6.07, 6.45) is 0. The van der Waals surface area contributed by atoms with E-state index in [0.717, 1.165) is 0 Å². The maximum Gasteiger partial charge on any atom is 0.254 e. The van der Waals surface area contributed by atoms with Crippen molar-refractivity contribution in [2.45, 2.75) is 26.7 Å². The predicted molar refractivity (Wildman–Crippen MR) is 74.1 cm³/mol. The van der Waals surface area contributed by atoms with Gasteiger partial charge in [0.1, 0.15) is 11.6 Å². The van der Waals surface area contributed by atoms with Crippen molar-refractivity contribution in [3.63, 3.8) is 0 Å². The number of aromatic amines is 1. The van der Waals surface area contributed by atoms with Crippen molar-refractivity contribution >= 4 is 11.6 Å². The average molecular weight is 281 g/mol. The number of H-pyrrole nitrogens is 1. The molecule has 19 heavy (non-hydrogen) atoms. The molecule has 0 aliphatic carbocycles. The van der Waals surface area contributed by atoms with Crippen LogP contribution in [-0.4, -0.2) is 9.97 Å². The van der Waals surface area contributed by atoms with Crippen LogP contribution >= 0.6 is 11.6 Å². The minimum Gasteiger partial charge on any atom is -0.310 e. The average Bonchev–Trinajstić information content (AvgIpc) is 2.33. The molecule has 0 atom stereocenters. The number of benzene rings is 1. The van der Waals surface area contributed by atoms with Crippen molar-refractivity contribution in [3.8, 4) is 11.3 Å². The monoisotopic (exact) mass is 280 g/mol. The minimum atomic E-state index is -0.416. The van der Waals surface area contributed by atoms with E-state index in [1.54, 1.807) is 6.92 Å². The fourth-order valence-electron chi connectivity index (χ4n) is 1.77. The highest BCUT2D eigenvalue weighted by Gasteiger charge is 2.14. The minimum absolute atomic E-state index is 0.0891. The zero-order chi connectivity index (χ0) is 14.2. The first-order chi connectivity index (χ1) is 8.90. The van der Waals surface area contributed by atoms with Crippen LogP contribution in [0.2, 0.25) is 5.02 Å². The van der Waals surface area contributed by atoms with E-state index < -0.39 is 5.82 Å². The topological polar surface area (TPSA) is 45.8 Å². The standard InChI is InChI=1S/C14H14ClFN2O/c1-7(2)13-17-12(8(3)14(19)18-13)10-5-4-9(16)6-11(10)15/h4-7H,1-3H3,(H,17,18,19). The number of hydrogen-bond donors (Lipinski definition) is 1. The van der Waals surface area contributed by atoms with Crippen LogP contribution in [0, 0.1) is 12.7 Å². The number of nitrogens with one attached hydrogen (secondary N) is 1. The number of halogens is 2. The third kappa shape index (κ3) is 2.68. The Morgan fingerprint density at radius 1 is 1.37 bits per heavy atom. The summed E-state index contributed by atoms with van der Waals surface area (Å²) in [7, 11) is 0. The van der Waals surface area contributed by atoms with Gasteiger partial charge in [-0.25, -0.2) is 9.37 Å². The molecular formula is C14H14ClFN2O. The summed E-state index contributed by atoms with van der Waals surface area (Å²) in [4.78, 5) is 19.1. The van der Waals surface area contributed by atoms with Gasteiger partial charge < -0.3 is 4.98 Å². The van der Waals surface area contributed by atoms with Gasteiger partial charge in [0, 0.05) is 17.0 Å². The smallest absolute Gasteiger partial charge is 0.254 e. The third-order valence-corrected chi connectivity index (χ3v) is 3.22. The fraction of sp³-hybridized carbons (Fsp3) is 0.286. The highest BCUT2D eigenvalue weighted by Crippen LogP contribution is 2.28. The molecule has 0 aliphatic rings. The van der Waals surface area contributed by atoms with Gasteiger partial charge >= 0.3 is 0 Å². The zero-order valence-corrected chi connectivity index (χ0v) is 11.7. The molecule has 0 saturated heterocycles. The normalized spacial score (nSPS) is 11.1. The first-order valence-corrected chi connectivity index (χ1v) is 6.34. The van der Waals surface area contributed by atoms with E-state index in [1.165, 1.54) is 18.2 Å². The SMILES string of the molecule is Cc1c(-c2ccc(F)cc2Cl)nc(C(C)C)[nH]c1=O. The summed E-state index contributed by atoms with van der Waals surface area (Å²) >= 11 is 6.03. The van der Waals surface area contributed by atoms with E-state index in [2.05, 4.69) is 9.97 Å². The Morgan fingerprint density at radius 2 is 2.05 bits per heavy atom. The summed E-state index contributed by atoms with van der Waals surface area (Å²) in [5.74, 6) is 0.262. The molecule has 1 heterocycles. The number of nitrogens with zero attached hydrogens (tertiary/aromatic N) is 1. The Balaban J connectivity index is 2.70. The van der Waals surface area contributed by atoms with Crippen molar-refractivity contribution in [2.24, 2.45) is 0 Å². The van der Waals surface area contributed by atoms with Crippen molar-refractivity contribution in [3.05, 3.63) is 50.8 Å². The van der Waals surface area contributed by atoms with Crippen LogP contribution in [0.1, 0.15) is 31.2 Å². The van der Waals surface area contributed by atoms with E-state index in [4.69, 9.17) is 11.6 Å². The molecule has 0 radical (unpaired) electrons. The molecule has 1 aromatic carbocycles. The Kier molecular flexibility index (Phi) is 3.71. The molecule has 3 nitrogen and oxygen atoms in total. The molecule has 0 bridgehead atoms. The van der Waals surface area contributed by atoms with Crippen LogP contribution in [0.25, 0.3) is 11.3 Å². The molecule has 5 heteroatoms. The molecule has 0 saturated carbocycles. The van der Waals surface area contributed by atoms with Gasteiger partial charge in [0.05, 0.1) is 10.7 Å². The van der Waals surface area contributed by atoms with Gasteiger partial charge in [0.15, 0.2) is 0 Å². The van der Waals surface area contributed by atoms with E-state index in [-0.39, 0.29) is 16.5 Å². The van der Waals surface area contributed by atoms with Crippen LogP contribution in [0.3, 0.4) is 0 Å². The number of aromatic nitrogens is 2. The second-order valence-electron chi connectivity index (χ2n) is 4.70. The zero-order valence-electron chi connectivity index (χ0n) is 10.9. The first kappa shape index (κ1) is 13.7. The second kappa shape index (κ2) is 5.13. The number of rotatable bonds is 2. The molecular weight excluding hydrogens is 267 g/mol. The van der Waals surface area contributed by atoms with Gasteiger partial charge in [0.2, 0.25) is 0 Å². The first-order valence-electron chi connectivity index (χ1n) is 5.96. The molecule has 100 valence electrons. The maximum atomic E-state index is 13.1. The Labute approximate surface area is 115 Å². The largest absolute Gasteiger partial charge is 0.310 e.